The lowest BCUT2D eigenvalue weighted by atomic mass is 9.84. The largest absolute Gasteiger partial charge is 0.459 e. The Labute approximate surface area is 174 Å². The third kappa shape index (κ3) is 5.45. The molecule has 17 heteroatoms. The van der Waals surface area contributed by atoms with E-state index in [2.05, 4.69) is 30.1 Å². The van der Waals surface area contributed by atoms with Crippen LogP contribution in [0, 0.1) is 0 Å². The molecule has 1 saturated carbocycles. The van der Waals surface area contributed by atoms with E-state index in [4.69, 9.17) is 30.8 Å². The first kappa shape index (κ1) is 24.4. The lowest BCUT2D eigenvalue weighted by Gasteiger charge is -2.46. The van der Waals surface area contributed by atoms with Gasteiger partial charge in [-0.1, -0.05) is 15.3 Å². The summed E-state index contributed by atoms with van der Waals surface area (Å²) in [5.41, 5.74) is 26.4. The number of hydrogen-bond donors (Lipinski definition) is 4. The minimum atomic E-state index is -1.72. The Morgan fingerprint density at radius 2 is 1.61 bits per heavy atom. The topological polar surface area (TPSA) is 272 Å². The minimum Gasteiger partial charge on any atom is -0.459 e. The molecule has 0 aromatic carbocycles. The first-order chi connectivity index (χ1) is 14.8. The van der Waals surface area contributed by atoms with Gasteiger partial charge < -0.3 is 34.6 Å². The SMILES string of the molecule is CC(=O)O[C@H]1[C@H](O)[C@@H](CO)O[C@H](O[C@H]2[C@@H](O)[C@@H](O)[C@H](N=[N+]=[N-])C[C@@H]2N=[N+]=[N-])[C@@H]1N=[N+]=[N-]. The highest BCUT2D eigenvalue weighted by Crippen LogP contribution is 2.33. The number of rotatable bonds is 7. The van der Waals surface area contributed by atoms with Gasteiger partial charge >= 0.3 is 5.97 Å². The fraction of sp³-hybridized carbons (Fsp3) is 0.929. The third-order valence-corrected chi connectivity index (χ3v) is 4.94. The Bertz CT molecular complexity index is 797. The summed E-state index contributed by atoms with van der Waals surface area (Å²) in [6, 6.07) is -3.71. The number of nitrogens with zero attached hydrogens (tertiary/aromatic N) is 9. The molecule has 0 aromatic heterocycles. The molecule has 1 aliphatic heterocycles. The van der Waals surface area contributed by atoms with Crippen LogP contribution in [-0.4, -0.2) is 94.0 Å². The van der Waals surface area contributed by atoms with Gasteiger partial charge in [-0.25, -0.2) is 0 Å². The normalized spacial score (nSPS) is 39.9. The smallest absolute Gasteiger partial charge is 0.303 e. The first-order valence-corrected chi connectivity index (χ1v) is 9.04. The fourth-order valence-corrected chi connectivity index (χ4v) is 3.53. The van der Waals surface area contributed by atoms with Crippen molar-refractivity contribution in [1.29, 1.82) is 0 Å². The minimum absolute atomic E-state index is 0.185. The van der Waals surface area contributed by atoms with Gasteiger partial charge in [-0.05, 0) is 23.0 Å². The van der Waals surface area contributed by atoms with Gasteiger partial charge in [0.1, 0.15) is 30.5 Å². The second kappa shape index (κ2) is 11.0. The molecule has 0 radical (unpaired) electrons. The predicted octanol–water partition coefficient (Wildman–Crippen LogP) is -0.456. The molecule has 0 spiro atoms. The first-order valence-electron chi connectivity index (χ1n) is 9.04. The molecule has 2 rings (SSSR count). The van der Waals surface area contributed by atoms with Crippen LogP contribution in [0.1, 0.15) is 13.3 Å². The molecule has 31 heavy (non-hydrogen) atoms. The monoisotopic (exact) mass is 443 g/mol. The van der Waals surface area contributed by atoms with E-state index in [0.29, 0.717) is 0 Å². The molecule has 0 amide bonds. The second-order valence-electron chi connectivity index (χ2n) is 6.85. The zero-order valence-electron chi connectivity index (χ0n) is 16.1. The fourth-order valence-electron chi connectivity index (χ4n) is 3.53. The van der Waals surface area contributed by atoms with E-state index in [1.165, 1.54) is 0 Å². The Morgan fingerprint density at radius 3 is 2.16 bits per heavy atom. The van der Waals surface area contributed by atoms with E-state index in [9.17, 15) is 25.2 Å². The van der Waals surface area contributed by atoms with Crippen molar-refractivity contribution in [3.63, 3.8) is 0 Å². The number of azide groups is 3. The Balaban J connectivity index is 2.38. The summed E-state index contributed by atoms with van der Waals surface area (Å²) in [6.45, 7) is 0.324. The third-order valence-electron chi connectivity index (χ3n) is 4.94. The molecule has 1 saturated heterocycles. The molecule has 2 fully saturated rings. The summed E-state index contributed by atoms with van der Waals surface area (Å²) in [5.74, 6) is -0.822. The van der Waals surface area contributed by atoms with Crippen LogP contribution in [0.4, 0.5) is 0 Å². The van der Waals surface area contributed by atoms with Gasteiger partial charge in [0.25, 0.3) is 0 Å². The molecule has 4 N–H and O–H groups in total. The second-order valence-corrected chi connectivity index (χ2v) is 6.85. The van der Waals surface area contributed by atoms with Crippen LogP contribution in [0.2, 0.25) is 0 Å². The summed E-state index contributed by atoms with van der Waals surface area (Å²) < 4.78 is 16.1. The van der Waals surface area contributed by atoms with E-state index in [1.54, 1.807) is 0 Å². The summed E-state index contributed by atoms with van der Waals surface area (Å²) in [5, 5.41) is 50.8. The number of aliphatic hydroxyl groups excluding tert-OH is 4. The van der Waals surface area contributed by atoms with Gasteiger partial charge in [0.2, 0.25) is 0 Å². The van der Waals surface area contributed by atoms with Crippen molar-refractivity contribution in [1.82, 2.24) is 0 Å². The van der Waals surface area contributed by atoms with Crippen molar-refractivity contribution < 1.29 is 39.4 Å². The summed E-state index contributed by atoms with van der Waals surface area (Å²) >= 11 is 0. The Kier molecular flexibility index (Phi) is 8.65. The zero-order valence-corrected chi connectivity index (χ0v) is 16.1. The molecule has 0 bridgehead atoms. The highest BCUT2D eigenvalue weighted by Gasteiger charge is 2.51. The summed E-state index contributed by atoms with van der Waals surface area (Å²) in [7, 11) is 0. The van der Waals surface area contributed by atoms with Gasteiger partial charge in [-0.15, -0.1) is 0 Å². The molecule has 10 atom stereocenters. The van der Waals surface area contributed by atoms with Crippen molar-refractivity contribution >= 4 is 5.97 Å². The van der Waals surface area contributed by atoms with Gasteiger partial charge in [0.15, 0.2) is 6.29 Å². The average molecular weight is 443 g/mol. The molecule has 2 aliphatic rings. The van der Waals surface area contributed by atoms with Gasteiger partial charge in [0.05, 0.1) is 30.9 Å². The number of carbonyl (C=O) groups excluding carboxylic acids is 1. The highest BCUT2D eigenvalue weighted by atomic mass is 16.7. The van der Waals surface area contributed by atoms with Gasteiger partial charge in [-0.2, -0.15) is 0 Å². The molecule has 0 unspecified atom stereocenters. The number of aliphatic hydroxyl groups is 4. The molecular formula is C14H21N9O8. The number of esters is 1. The highest BCUT2D eigenvalue weighted by molar-refractivity contribution is 5.66. The van der Waals surface area contributed by atoms with Crippen molar-refractivity contribution in [3.05, 3.63) is 31.3 Å². The summed E-state index contributed by atoms with van der Waals surface area (Å²) in [4.78, 5) is 19.3. The quantitative estimate of drug-likeness (QED) is 0.172. The summed E-state index contributed by atoms with van der Waals surface area (Å²) in [6.07, 6.45) is -10.9. The van der Waals surface area contributed by atoms with Gasteiger partial charge in [-0.3, -0.25) is 4.79 Å². The van der Waals surface area contributed by atoms with Crippen LogP contribution in [0.3, 0.4) is 0 Å². The molecule has 0 aromatic rings. The number of hydrogen-bond acceptors (Lipinski definition) is 11. The lowest BCUT2D eigenvalue weighted by Crippen LogP contribution is -2.63. The zero-order chi connectivity index (χ0) is 23.1. The Hall–Kier alpha value is -2.84. The lowest BCUT2D eigenvalue weighted by molar-refractivity contribution is -0.295. The van der Waals surface area contributed by atoms with Crippen LogP contribution in [-0.2, 0) is 19.0 Å². The molecular weight excluding hydrogens is 422 g/mol. The van der Waals surface area contributed by atoms with Crippen LogP contribution < -0.4 is 0 Å². The maximum atomic E-state index is 11.4. The number of carbonyl (C=O) groups is 1. The van der Waals surface area contributed by atoms with E-state index >= 15 is 0 Å². The molecule has 170 valence electrons. The van der Waals surface area contributed by atoms with E-state index < -0.39 is 73.6 Å². The van der Waals surface area contributed by atoms with Crippen LogP contribution in [0.5, 0.6) is 0 Å². The van der Waals surface area contributed by atoms with Crippen LogP contribution in [0.15, 0.2) is 15.3 Å². The van der Waals surface area contributed by atoms with Crippen LogP contribution in [0.25, 0.3) is 31.3 Å². The van der Waals surface area contributed by atoms with Crippen molar-refractivity contribution in [2.24, 2.45) is 15.3 Å². The van der Waals surface area contributed by atoms with Crippen molar-refractivity contribution in [2.45, 2.75) is 74.4 Å². The Morgan fingerprint density at radius 1 is 1.00 bits per heavy atom. The van der Waals surface area contributed by atoms with Gasteiger partial charge in [0, 0.05) is 21.7 Å². The maximum absolute atomic E-state index is 11.4. The standard InChI is InChI=1S/C14H21N9O8/c1-4(25)29-13-8(20-23-17)14(30-7(3-24)10(13)27)31-12-6(19-22-16)2-5(18-21-15)9(26)11(12)28/h5-14,24,26-28H,2-3H2,1H3/t5-,6+,7-,8-,9+,10-,11+,12-,13-,14-/m1/s1. The molecule has 1 aliphatic carbocycles. The van der Waals surface area contributed by atoms with E-state index in [1.807, 2.05) is 0 Å². The van der Waals surface area contributed by atoms with E-state index in [0.717, 1.165) is 6.92 Å². The maximum Gasteiger partial charge on any atom is 0.303 e. The average Bonchev–Trinajstić information content (AvgIpc) is 2.73. The number of ether oxygens (including phenoxy) is 3. The molecule has 1 heterocycles. The molecule has 17 nitrogen and oxygen atoms in total. The van der Waals surface area contributed by atoms with Crippen LogP contribution >= 0.6 is 0 Å². The van der Waals surface area contributed by atoms with Crippen molar-refractivity contribution in [2.75, 3.05) is 6.61 Å². The van der Waals surface area contributed by atoms with E-state index in [-0.39, 0.29) is 6.42 Å². The predicted molar refractivity (Wildman–Crippen MR) is 97.6 cm³/mol. The van der Waals surface area contributed by atoms with Crippen molar-refractivity contribution in [3.8, 4) is 0 Å².